The molecule has 36 heavy (non-hydrogen) atoms. The Morgan fingerprint density at radius 1 is 0.972 bits per heavy atom. The molecule has 0 aromatic carbocycles. The summed E-state index contributed by atoms with van der Waals surface area (Å²) >= 11 is 0. The molecule has 0 fully saturated rings. The number of hydrogen-bond acceptors (Lipinski definition) is 8. The Morgan fingerprint density at radius 3 is 2.28 bits per heavy atom. The van der Waals surface area contributed by atoms with E-state index in [4.69, 9.17) is 14.2 Å². The molecule has 2 aromatic heterocycles. The number of rotatable bonds is 6. The van der Waals surface area contributed by atoms with E-state index in [1.54, 1.807) is 63.7 Å². The van der Waals surface area contributed by atoms with Crippen molar-refractivity contribution in [2.45, 2.75) is 32.4 Å². The quantitative estimate of drug-likeness (QED) is 0.575. The van der Waals surface area contributed by atoms with Gasteiger partial charge in [0.15, 0.2) is 0 Å². The smallest absolute Gasteiger partial charge is 0.412 e. The summed E-state index contributed by atoms with van der Waals surface area (Å²) in [5.41, 5.74) is 0.579. The van der Waals surface area contributed by atoms with E-state index in [-0.39, 0.29) is 23.0 Å². The van der Waals surface area contributed by atoms with E-state index in [0.717, 1.165) is 0 Å². The lowest BCUT2D eigenvalue weighted by Gasteiger charge is -2.19. The van der Waals surface area contributed by atoms with Gasteiger partial charge in [0.05, 0.1) is 18.8 Å². The number of esters is 2. The summed E-state index contributed by atoms with van der Waals surface area (Å²) in [4.78, 5) is 51.0. The molecule has 3 rings (SSSR count). The van der Waals surface area contributed by atoms with Crippen LogP contribution in [0.3, 0.4) is 0 Å². The molecule has 2 aromatic rings. The fraction of sp³-hybridized carbons (Fsp3) is 0.417. The van der Waals surface area contributed by atoms with Crippen LogP contribution in [-0.4, -0.2) is 70.3 Å². The van der Waals surface area contributed by atoms with Crippen LogP contribution in [0.15, 0.2) is 36.3 Å². The minimum absolute atomic E-state index is 0.193. The van der Waals surface area contributed by atoms with Crippen molar-refractivity contribution in [3.63, 3.8) is 0 Å². The average molecular weight is 502 g/mol. The number of nitrogens with one attached hydrogen (secondary N) is 2. The summed E-state index contributed by atoms with van der Waals surface area (Å²) < 4.78 is 18.4. The second-order valence-electron chi connectivity index (χ2n) is 9.42. The van der Waals surface area contributed by atoms with Crippen LogP contribution in [0.2, 0.25) is 0 Å². The largest absolute Gasteiger partial charge is 0.464 e. The van der Waals surface area contributed by atoms with Gasteiger partial charge in [0.25, 0.3) is 5.91 Å². The first-order chi connectivity index (χ1) is 16.8. The second kappa shape index (κ2) is 10.2. The molecule has 1 atom stereocenters. The first-order valence-corrected chi connectivity index (χ1v) is 11.1. The van der Waals surface area contributed by atoms with Gasteiger partial charge in [0.1, 0.15) is 28.4 Å². The van der Waals surface area contributed by atoms with Gasteiger partial charge >= 0.3 is 18.0 Å². The van der Waals surface area contributed by atoms with Crippen LogP contribution in [0, 0.1) is 0 Å². The molecule has 2 N–H and O–H groups in total. The number of hydrogen-bond donors (Lipinski definition) is 2. The van der Waals surface area contributed by atoms with Crippen molar-refractivity contribution < 1.29 is 33.4 Å². The van der Waals surface area contributed by atoms with Crippen molar-refractivity contribution in [3.05, 3.63) is 47.7 Å². The molecule has 0 radical (unpaired) electrons. The van der Waals surface area contributed by atoms with Gasteiger partial charge in [-0.15, -0.1) is 0 Å². The van der Waals surface area contributed by atoms with Gasteiger partial charge < -0.3 is 33.6 Å². The SMILES string of the molecule is COC(=O)c1cc(OC(=O)C2=CC(NC(=O)c3cc(NC(=O)OC(C)(C)C)cn3C)CN2C)cn1C. The minimum atomic E-state index is -0.650. The lowest BCUT2D eigenvalue weighted by Crippen LogP contribution is -2.37. The number of aryl methyl sites for hydroxylation is 2. The van der Waals surface area contributed by atoms with Crippen LogP contribution in [0.1, 0.15) is 41.7 Å². The van der Waals surface area contributed by atoms with E-state index in [1.165, 1.54) is 30.0 Å². The van der Waals surface area contributed by atoms with Crippen LogP contribution in [0.4, 0.5) is 10.5 Å². The molecule has 0 aliphatic carbocycles. The van der Waals surface area contributed by atoms with Gasteiger partial charge in [-0.25, -0.2) is 14.4 Å². The number of nitrogens with zero attached hydrogens (tertiary/aromatic N) is 3. The van der Waals surface area contributed by atoms with Gasteiger partial charge in [0.2, 0.25) is 0 Å². The predicted molar refractivity (Wildman–Crippen MR) is 130 cm³/mol. The number of carbonyl (C=O) groups is 4. The van der Waals surface area contributed by atoms with Gasteiger partial charge in [-0.3, -0.25) is 10.1 Å². The molecule has 194 valence electrons. The number of anilines is 1. The topological polar surface area (TPSA) is 133 Å². The van der Waals surface area contributed by atoms with E-state index in [9.17, 15) is 19.2 Å². The predicted octanol–water partition coefficient (Wildman–Crippen LogP) is 2.03. The summed E-state index contributed by atoms with van der Waals surface area (Å²) in [7, 11) is 6.28. The molecule has 0 saturated heterocycles. The molecule has 12 nitrogen and oxygen atoms in total. The van der Waals surface area contributed by atoms with Gasteiger partial charge in [-0.1, -0.05) is 0 Å². The Bertz CT molecular complexity index is 1220. The molecule has 1 aliphatic rings. The summed E-state index contributed by atoms with van der Waals surface area (Å²) in [5.74, 6) is -1.37. The van der Waals surface area contributed by atoms with E-state index in [1.807, 2.05) is 0 Å². The first-order valence-electron chi connectivity index (χ1n) is 11.1. The highest BCUT2D eigenvalue weighted by molar-refractivity contribution is 5.96. The fourth-order valence-corrected chi connectivity index (χ4v) is 3.65. The van der Waals surface area contributed by atoms with Crippen LogP contribution in [0.5, 0.6) is 5.75 Å². The van der Waals surface area contributed by atoms with Crippen molar-refractivity contribution in [2.75, 3.05) is 26.0 Å². The summed E-state index contributed by atoms with van der Waals surface area (Å²) in [6, 6.07) is 2.49. The minimum Gasteiger partial charge on any atom is -0.464 e. The molecule has 0 bridgehead atoms. The van der Waals surface area contributed by atoms with E-state index >= 15 is 0 Å². The van der Waals surface area contributed by atoms with Crippen molar-refractivity contribution in [1.82, 2.24) is 19.4 Å². The maximum atomic E-state index is 12.9. The van der Waals surface area contributed by atoms with Crippen molar-refractivity contribution in [3.8, 4) is 5.75 Å². The molecular formula is C24H31N5O7. The zero-order chi connectivity index (χ0) is 26.8. The number of methoxy groups -OCH3 is 1. The monoisotopic (exact) mass is 501 g/mol. The van der Waals surface area contributed by atoms with Crippen LogP contribution < -0.4 is 15.4 Å². The molecule has 0 saturated carbocycles. The van der Waals surface area contributed by atoms with Crippen molar-refractivity contribution >= 4 is 29.6 Å². The normalized spacial score (nSPS) is 15.2. The third-order valence-electron chi connectivity index (χ3n) is 5.23. The van der Waals surface area contributed by atoms with Gasteiger partial charge in [0, 0.05) is 46.1 Å². The molecule has 1 aliphatic heterocycles. The van der Waals surface area contributed by atoms with Crippen LogP contribution in [0.25, 0.3) is 0 Å². The van der Waals surface area contributed by atoms with E-state index in [2.05, 4.69) is 10.6 Å². The lowest BCUT2D eigenvalue weighted by molar-refractivity contribution is -0.131. The number of likely N-dealkylation sites (N-methyl/N-ethyl adjacent to an activating group) is 1. The van der Waals surface area contributed by atoms with Gasteiger partial charge in [-0.2, -0.15) is 0 Å². The van der Waals surface area contributed by atoms with Crippen LogP contribution in [-0.2, 0) is 28.4 Å². The zero-order valence-electron chi connectivity index (χ0n) is 21.4. The maximum Gasteiger partial charge on any atom is 0.412 e. The van der Waals surface area contributed by atoms with Crippen molar-refractivity contribution in [2.24, 2.45) is 14.1 Å². The van der Waals surface area contributed by atoms with Gasteiger partial charge in [-0.05, 0) is 32.9 Å². The Balaban J connectivity index is 1.64. The number of aromatic nitrogens is 2. The Morgan fingerprint density at radius 2 is 1.64 bits per heavy atom. The fourth-order valence-electron chi connectivity index (χ4n) is 3.65. The highest BCUT2D eigenvalue weighted by Gasteiger charge is 2.29. The molecule has 0 spiro atoms. The number of carbonyl (C=O) groups excluding carboxylic acids is 4. The average Bonchev–Trinajstić information content (AvgIpc) is 3.42. The molecular weight excluding hydrogens is 470 g/mol. The lowest BCUT2D eigenvalue weighted by atomic mass is 10.2. The van der Waals surface area contributed by atoms with E-state index < -0.39 is 29.7 Å². The highest BCUT2D eigenvalue weighted by Crippen LogP contribution is 2.21. The Labute approximate surface area is 208 Å². The second-order valence-corrected chi connectivity index (χ2v) is 9.42. The summed E-state index contributed by atoms with van der Waals surface area (Å²) in [6.45, 7) is 5.62. The third kappa shape index (κ3) is 6.26. The molecule has 12 heteroatoms. The van der Waals surface area contributed by atoms with E-state index in [0.29, 0.717) is 17.9 Å². The maximum absolute atomic E-state index is 12.9. The zero-order valence-corrected chi connectivity index (χ0v) is 21.4. The Kier molecular flexibility index (Phi) is 7.46. The first kappa shape index (κ1) is 26.4. The third-order valence-corrected chi connectivity index (χ3v) is 5.23. The molecule has 1 unspecified atom stereocenters. The number of ether oxygens (including phenoxy) is 3. The Hall–Kier alpha value is -4.22. The van der Waals surface area contributed by atoms with Crippen LogP contribution >= 0.6 is 0 Å². The van der Waals surface area contributed by atoms with Crippen molar-refractivity contribution in [1.29, 1.82) is 0 Å². The summed E-state index contributed by atoms with van der Waals surface area (Å²) in [5, 5.41) is 5.46. The highest BCUT2D eigenvalue weighted by atomic mass is 16.6. The number of amides is 2. The standard InChI is InChI=1S/C24H31N5O7/c1-24(2,3)36-23(33)26-15-8-17(27(4)12-15)20(30)25-14-9-18(28(5)11-14)22(32)35-16-10-19(21(31)34-7)29(6)13-16/h8-10,12-14H,11H2,1-7H3,(H,25,30)(H,26,33). The molecule has 3 heterocycles. The molecule has 2 amide bonds. The summed E-state index contributed by atoms with van der Waals surface area (Å²) in [6.07, 6.45) is 4.08.